The van der Waals surface area contributed by atoms with Gasteiger partial charge in [0, 0.05) is 10.2 Å². The third-order valence-electron chi connectivity index (χ3n) is 4.51. The van der Waals surface area contributed by atoms with E-state index in [2.05, 4.69) is 51.1 Å². The van der Waals surface area contributed by atoms with E-state index in [1.54, 1.807) is 0 Å². The Morgan fingerprint density at radius 3 is 2.03 bits per heavy atom. The van der Waals surface area contributed by atoms with E-state index in [0.717, 1.165) is 22.4 Å². The summed E-state index contributed by atoms with van der Waals surface area (Å²) in [7, 11) is 14.0. The number of halogens is 2. The minimum atomic E-state index is -1.89. The van der Waals surface area contributed by atoms with E-state index in [1.807, 2.05) is 59.0 Å². The van der Waals surface area contributed by atoms with E-state index >= 15 is 0 Å². The van der Waals surface area contributed by atoms with Crippen molar-refractivity contribution < 1.29 is 18.3 Å². The largest absolute Gasteiger partial charge is 0.0640 e. The molecule has 1 radical (unpaired) electrons. The summed E-state index contributed by atoms with van der Waals surface area (Å²) in [5.41, 5.74) is 7.36. The SMILES string of the molecule is CC(C)Oc1c([CH]=[Ru]([Cl])[Cl])cccc1-c1ccccc1.Cc1cc(C)c([SiH2])c(C)c1. The first-order valence-electron chi connectivity index (χ1n) is 9.77. The van der Waals surface area contributed by atoms with Gasteiger partial charge >= 0.3 is 133 Å². The quantitative estimate of drug-likeness (QED) is 0.361. The van der Waals surface area contributed by atoms with Gasteiger partial charge in [0.2, 0.25) is 0 Å². The molecule has 0 aromatic heterocycles. The van der Waals surface area contributed by atoms with E-state index < -0.39 is 13.5 Å². The number of hydrogen-bond donors (Lipinski definition) is 0. The zero-order valence-electron chi connectivity index (χ0n) is 18.2. The van der Waals surface area contributed by atoms with Crippen LogP contribution in [0, 0.1) is 20.8 Å². The van der Waals surface area contributed by atoms with Crippen molar-refractivity contribution in [3.63, 3.8) is 0 Å². The van der Waals surface area contributed by atoms with Crippen molar-refractivity contribution in [2.24, 2.45) is 0 Å². The molecule has 1 nitrogen and oxygen atoms in total. The smallest absolute Gasteiger partial charge is 0.0484 e. The third-order valence-corrected chi connectivity index (χ3v) is 7.46. The number of hydrogen-bond acceptors (Lipinski definition) is 1. The van der Waals surface area contributed by atoms with Gasteiger partial charge in [-0.25, -0.2) is 0 Å². The molecule has 3 aromatic carbocycles. The standard InChI is InChI=1S/C16H16O.C9H13Si.2ClH.Ru/c1-12(2)17-16-13(3)8-7-11-15(16)14-9-5-4-6-10-14;1-6-4-7(2)9(10)8(3)5-6;;;/h3-12H,1-2H3;4-5H,10H2,1-3H3;2*1H;/q;;;;+2/p-2. The number of rotatable bonds is 4. The van der Waals surface area contributed by atoms with Gasteiger partial charge in [0.25, 0.3) is 0 Å². The summed E-state index contributed by atoms with van der Waals surface area (Å²) in [4.78, 5) is 0. The molecule has 5 heteroatoms. The van der Waals surface area contributed by atoms with Crippen LogP contribution in [0.5, 0.6) is 5.75 Å². The van der Waals surface area contributed by atoms with Gasteiger partial charge in [-0.2, -0.15) is 0 Å². The summed E-state index contributed by atoms with van der Waals surface area (Å²) in [6, 6.07) is 20.7. The average molecular weight is 546 g/mol. The Hall–Kier alpha value is -1.25. The molecule has 0 fully saturated rings. The molecule has 0 aliphatic carbocycles. The molecule has 0 heterocycles. The first kappa shape index (κ1) is 25.0. The van der Waals surface area contributed by atoms with Gasteiger partial charge in [-0.3, -0.25) is 0 Å². The van der Waals surface area contributed by atoms with Gasteiger partial charge < -0.3 is 0 Å². The van der Waals surface area contributed by atoms with E-state index in [4.69, 9.17) is 24.1 Å². The molecule has 0 aliphatic heterocycles. The summed E-state index contributed by atoms with van der Waals surface area (Å²) in [5, 5.41) is 1.45. The predicted octanol–water partition coefficient (Wildman–Crippen LogP) is 6.09. The fraction of sp³-hybridized carbons (Fsp3) is 0.240. The fourth-order valence-corrected chi connectivity index (χ4v) is 5.13. The Morgan fingerprint density at radius 1 is 0.900 bits per heavy atom. The van der Waals surface area contributed by atoms with Gasteiger partial charge in [0.15, 0.2) is 0 Å². The van der Waals surface area contributed by atoms with Crippen LogP contribution in [-0.2, 0) is 13.5 Å². The number of aryl methyl sites for hydroxylation is 3. The second-order valence-electron chi connectivity index (χ2n) is 7.44. The van der Waals surface area contributed by atoms with Gasteiger partial charge in [-0.1, -0.05) is 34.0 Å². The number of ether oxygens (including phenoxy) is 1. The van der Waals surface area contributed by atoms with Crippen molar-refractivity contribution in [3.8, 4) is 16.9 Å². The monoisotopic (exact) mass is 545 g/mol. The summed E-state index contributed by atoms with van der Waals surface area (Å²) in [6.07, 6.45) is 0.0957. The maximum Gasteiger partial charge on any atom is 0.0484 e. The minimum Gasteiger partial charge on any atom is -0.0640 e. The second-order valence-corrected chi connectivity index (χ2v) is 13.9. The Kier molecular flexibility index (Phi) is 9.97. The van der Waals surface area contributed by atoms with Crippen LogP contribution < -0.4 is 9.92 Å². The number of para-hydroxylation sites is 1. The van der Waals surface area contributed by atoms with E-state index in [1.165, 1.54) is 21.9 Å². The zero-order chi connectivity index (χ0) is 22.3. The molecular weight excluding hydrogens is 516 g/mol. The maximum absolute atomic E-state index is 6.02. The molecular formula is C25H29Cl2ORuSi. The second kappa shape index (κ2) is 12.0. The molecule has 0 aliphatic rings. The van der Waals surface area contributed by atoms with Gasteiger partial charge in [0.05, 0.1) is 0 Å². The van der Waals surface area contributed by atoms with E-state index in [-0.39, 0.29) is 6.10 Å². The van der Waals surface area contributed by atoms with Gasteiger partial charge in [-0.15, -0.1) is 0 Å². The molecule has 0 amide bonds. The molecule has 3 aromatic rings. The van der Waals surface area contributed by atoms with Crippen LogP contribution >= 0.6 is 19.4 Å². The van der Waals surface area contributed by atoms with Crippen LogP contribution in [0.15, 0.2) is 60.7 Å². The topological polar surface area (TPSA) is 9.23 Å². The Morgan fingerprint density at radius 2 is 1.50 bits per heavy atom. The van der Waals surface area contributed by atoms with Crippen molar-refractivity contribution in [2.75, 3.05) is 0 Å². The van der Waals surface area contributed by atoms with Gasteiger partial charge in [0.1, 0.15) is 0 Å². The molecule has 0 saturated carbocycles. The van der Waals surface area contributed by atoms with Crippen molar-refractivity contribution in [2.45, 2.75) is 40.7 Å². The van der Waals surface area contributed by atoms with Crippen LogP contribution in [0.2, 0.25) is 0 Å². The zero-order valence-corrected chi connectivity index (χ0v) is 22.8. The van der Waals surface area contributed by atoms with E-state index in [0.29, 0.717) is 0 Å². The van der Waals surface area contributed by atoms with Gasteiger partial charge in [-0.05, 0) is 20.8 Å². The van der Waals surface area contributed by atoms with Crippen molar-refractivity contribution >= 4 is 39.4 Å². The molecule has 0 unspecified atom stereocenters. The minimum absolute atomic E-state index is 0.0957. The Labute approximate surface area is 197 Å². The number of benzene rings is 3. The summed E-state index contributed by atoms with van der Waals surface area (Å²) in [6.45, 7) is 10.5. The maximum atomic E-state index is 6.02. The molecule has 0 atom stereocenters. The summed E-state index contributed by atoms with van der Waals surface area (Å²) >= 11 is -1.89. The van der Waals surface area contributed by atoms with Crippen LogP contribution in [0.25, 0.3) is 11.1 Å². The first-order chi connectivity index (χ1) is 14.2. The van der Waals surface area contributed by atoms with Crippen LogP contribution in [0.3, 0.4) is 0 Å². The van der Waals surface area contributed by atoms with Crippen molar-refractivity contribution in [1.82, 2.24) is 0 Å². The van der Waals surface area contributed by atoms with Crippen LogP contribution in [0.1, 0.15) is 36.1 Å². The fourth-order valence-electron chi connectivity index (χ4n) is 3.14. The predicted molar refractivity (Wildman–Crippen MR) is 133 cm³/mol. The molecule has 161 valence electrons. The Bertz CT molecular complexity index is 990. The molecule has 0 N–H and O–H groups in total. The molecule has 30 heavy (non-hydrogen) atoms. The summed E-state index contributed by atoms with van der Waals surface area (Å²) < 4.78 is 7.93. The third kappa shape index (κ3) is 7.46. The summed E-state index contributed by atoms with van der Waals surface area (Å²) in [5.74, 6) is 0.855. The van der Waals surface area contributed by atoms with Crippen LogP contribution in [-0.4, -0.2) is 21.0 Å². The van der Waals surface area contributed by atoms with Crippen molar-refractivity contribution in [3.05, 3.63) is 82.9 Å². The van der Waals surface area contributed by atoms with Crippen LogP contribution in [0.4, 0.5) is 0 Å². The van der Waals surface area contributed by atoms with Crippen molar-refractivity contribution in [1.29, 1.82) is 0 Å². The molecule has 0 spiro atoms. The Balaban J connectivity index is 0.000000269. The average Bonchev–Trinajstić information content (AvgIpc) is 2.68. The molecule has 0 saturated heterocycles. The molecule has 3 rings (SSSR count). The van der Waals surface area contributed by atoms with E-state index in [9.17, 15) is 0 Å². The molecule has 0 bridgehead atoms. The first-order valence-corrected chi connectivity index (χ1v) is 16.0. The normalized spacial score (nSPS) is 10.9.